The Morgan fingerprint density at radius 1 is 1.35 bits per heavy atom. The van der Waals surface area contributed by atoms with Crippen LogP contribution >= 0.6 is 22.9 Å². The Labute approximate surface area is 110 Å². The number of rotatable bonds is 2. The fourth-order valence-electron chi connectivity index (χ4n) is 1.69. The normalized spacial score (nSPS) is 12.1. The summed E-state index contributed by atoms with van der Waals surface area (Å²) in [5, 5.41) is 10.7. The zero-order valence-electron chi connectivity index (χ0n) is 10.5. The predicted octanol–water partition coefficient (Wildman–Crippen LogP) is 3.65. The highest BCUT2D eigenvalue weighted by Gasteiger charge is 2.23. The molecule has 5 heteroatoms. The average molecular weight is 270 g/mol. The van der Waals surface area contributed by atoms with E-state index in [4.69, 9.17) is 11.6 Å². The smallest absolute Gasteiger partial charge is 0.225 e. The summed E-state index contributed by atoms with van der Waals surface area (Å²) in [5.41, 5.74) is 1.24. The van der Waals surface area contributed by atoms with Crippen molar-refractivity contribution in [2.45, 2.75) is 39.7 Å². The summed E-state index contributed by atoms with van der Waals surface area (Å²) >= 11 is 7.86. The van der Waals surface area contributed by atoms with Gasteiger partial charge in [0.2, 0.25) is 5.28 Å². The van der Waals surface area contributed by atoms with Crippen LogP contribution in [-0.4, -0.2) is 14.8 Å². The molecule has 2 aromatic rings. The lowest BCUT2D eigenvalue weighted by Gasteiger charge is -2.18. The average Bonchev–Trinajstić information content (AvgIpc) is 2.75. The van der Waals surface area contributed by atoms with E-state index in [1.54, 1.807) is 11.3 Å². The van der Waals surface area contributed by atoms with Crippen molar-refractivity contribution in [3.8, 4) is 0 Å². The molecule has 0 aliphatic rings. The van der Waals surface area contributed by atoms with E-state index >= 15 is 0 Å². The second kappa shape index (κ2) is 4.42. The van der Waals surface area contributed by atoms with Crippen LogP contribution in [0.4, 0.5) is 0 Å². The molecule has 0 N–H and O–H groups in total. The quantitative estimate of drug-likeness (QED) is 0.833. The van der Waals surface area contributed by atoms with Gasteiger partial charge >= 0.3 is 0 Å². The van der Waals surface area contributed by atoms with E-state index in [1.807, 2.05) is 4.57 Å². The molecule has 17 heavy (non-hydrogen) atoms. The van der Waals surface area contributed by atoms with Crippen molar-refractivity contribution in [2.24, 2.45) is 0 Å². The van der Waals surface area contributed by atoms with Crippen molar-refractivity contribution < 1.29 is 0 Å². The second-order valence-corrected chi connectivity index (χ2v) is 6.49. The number of nitrogens with zero attached hydrogens (tertiary/aromatic N) is 3. The molecule has 0 spiro atoms. The summed E-state index contributed by atoms with van der Waals surface area (Å²) in [6.07, 6.45) is 0. The van der Waals surface area contributed by atoms with Crippen molar-refractivity contribution in [3.05, 3.63) is 33.0 Å². The minimum absolute atomic E-state index is 0.0503. The molecule has 3 nitrogen and oxygen atoms in total. The molecule has 2 rings (SSSR count). The molecule has 0 aliphatic heterocycles. The molecule has 0 saturated heterocycles. The maximum absolute atomic E-state index is 6.11. The second-order valence-electron chi connectivity index (χ2n) is 5.16. The predicted molar refractivity (Wildman–Crippen MR) is 71.9 cm³/mol. The first-order chi connectivity index (χ1) is 7.89. The standard InChI is InChI=1S/C12H16ClN3S/c1-8-5-6-17-9(8)7-16-10(12(2,3)4)14-15-11(16)13/h5-6H,7H2,1-4H3. The van der Waals surface area contributed by atoms with E-state index in [1.165, 1.54) is 10.4 Å². The number of thiophene rings is 1. The van der Waals surface area contributed by atoms with Gasteiger partial charge in [-0.25, -0.2) is 0 Å². The molecule has 92 valence electrons. The third-order valence-corrected chi connectivity index (χ3v) is 3.93. The molecular formula is C12H16ClN3S. The van der Waals surface area contributed by atoms with E-state index in [2.05, 4.69) is 49.3 Å². The van der Waals surface area contributed by atoms with Crippen LogP contribution in [-0.2, 0) is 12.0 Å². The summed E-state index contributed by atoms with van der Waals surface area (Å²) in [6.45, 7) is 9.21. The first-order valence-corrected chi connectivity index (χ1v) is 6.77. The van der Waals surface area contributed by atoms with Gasteiger partial charge in [0.25, 0.3) is 0 Å². The SMILES string of the molecule is Cc1ccsc1Cn1c(Cl)nnc1C(C)(C)C. The van der Waals surface area contributed by atoms with Crippen LogP contribution in [0.3, 0.4) is 0 Å². The van der Waals surface area contributed by atoms with Crippen LogP contribution in [0.1, 0.15) is 37.0 Å². The van der Waals surface area contributed by atoms with Gasteiger partial charge < -0.3 is 0 Å². The van der Waals surface area contributed by atoms with Gasteiger partial charge in [-0.15, -0.1) is 21.5 Å². The third-order valence-electron chi connectivity index (χ3n) is 2.65. The van der Waals surface area contributed by atoms with Crippen LogP contribution in [0.2, 0.25) is 5.28 Å². The molecule has 0 atom stereocenters. The molecule has 2 heterocycles. The van der Waals surface area contributed by atoms with Gasteiger partial charge in [-0.1, -0.05) is 20.8 Å². The molecule has 0 radical (unpaired) electrons. The van der Waals surface area contributed by atoms with E-state index < -0.39 is 0 Å². The van der Waals surface area contributed by atoms with Crippen LogP contribution < -0.4 is 0 Å². The number of hydrogen-bond donors (Lipinski definition) is 0. The van der Waals surface area contributed by atoms with Crippen LogP contribution in [0.5, 0.6) is 0 Å². The minimum atomic E-state index is -0.0503. The monoisotopic (exact) mass is 269 g/mol. The summed E-state index contributed by atoms with van der Waals surface area (Å²) < 4.78 is 1.99. The zero-order valence-corrected chi connectivity index (χ0v) is 12.1. The highest BCUT2D eigenvalue weighted by molar-refractivity contribution is 7.10. The van der Waals surface area contributed by atoms with Crippen molar-refractivity contribution in [3.63, 3.8) is 0 Å². The van der Waals surface area contributed by atoms with Gasteiger partial charge in [0.15, 0.2) is 0 Å². The molecule has 0 bridgehead atoms. The van der Waals surface area contributed by atoms with E-state index in [-0.39, 0.29) is 5.41 Å². The van der Waals surface area contributed by atoms with Crippen molar-refractivity contribution in [2.75, 3.05) is 0 Å². The van der Waals surface area contributed by atoms with Gasteiger partial charge in [0, 0.05) is 10.3 Å². The first kappa shape index (κ1) is 12.6. The number of hydrogen-bond acceptors (Lipinski definition) is 3. The Morgan fingerprint density at radius 3 is 2.59 bits per heavy atom. The molecule has 0 unspecified atom stereocenters. The maximum Gasteiger partial charge on any atom is 0.225 e. The van der Waals surface area contributed by atoms with Gasteiger partial charge in [0.1, 0.15) is 5.82 Å². The van der Waals surface area contributed by atoms with Gasteiger partial charge in [-0.05, 0) is 35.5 Å². The fourth-order valence-corrected chi connectivity index (χ4v) is 2.76. The molecular weight excluding hydrogens is 254 g/mol. The molecule has 0 aromatic carbocycles. The van der Waals surface area contributed by atoms with Crippen LogP contribution in [0.25, 0.3) is 0 Å². The Hall–Kier alpha value is -0.870. The highest BCUT2D eigenvalue weighted by atomic mass is 35.5. The summed E-state index contributed by atoms with van der Waals surface area (Å²) in [5.74, 6) is 0.926. The Balaban J connectivity index is 2.39. The first-order valence-electron chi connectivity index (χ1n) is 5.52. The van der Waals surface area contributed by atoms with Gasteiger partial charge in [-0.2, -0.15) is 0 Å². The van der Waals surface area contributed by atoms with E-state index in [0.717, 1.165) is 12.4 Å². The Morgan fingerprint density at radius 2 is 2.06 bits per heavy atom. The molecule has 2 aromatic heterocycles. The number of aromatic nitrogens is 3. The highest BCUT2D eigenvalue weighted by Crippen LogP contribution is 2.26. The van der Waals surface area contributed by atoms with Crippen molar-refractivity contribution in [1.29, 1.82) is 0 Å². The summed E-state index contributed by atoms with van der Waals surface area (Å²) in [6, 6.07) is 2.12. The fraction of sp³-hybridized carbons (Fsp3) is 0.500. The lowest BCUT2D eigenvalue weighted by atomic mass is 9.96. The molecule has 0 aliphatic carbocycles. The lowest BCUT2D eigenvalue weighted by Crippen LogP contribution is -2.19. The molecule has 0 saturated carbocycles. The largest absolute Gasteiger partial charge is 0.296 e. The zero-order chi connectivity index (χ0) is 12.6. The van der Waals surface area contributed by atoms with Crippen molar-refractivity contribution in [1.82, 2.24) is 14.8 Å². The Bertz CT molecular complexity index is 522. The summed E-state index contributed by atoms with van der Waals surface area (Å²) in [4.78, 5) is 1.30. The minimum Gasteiger partial charge on any atom is -0.296 e. The van der Waals surface area contributed by atoms with E-state index in [0.29, 0.717) is 5.28 Å². The number of halogens is 1. The van der Waals surface area contributed by atoms with Gasteiger partial charge in [0.05, 0.1) is 6.54 Å². The lowest BCUT2D eigenvalue weighted by molar-refractivity contribution is 0.510. The van der Waals surface area contributed by atoms with Crippen molar-refractivity contribution >= 4 is 22.9 Å². The van der Waals surface area contributed by atoms with Crippen LogP contribution in [0.15, 0.2) is 11.4 Å². The summed E-state index contributed by atoms with van der Waals surface area (Å²) in [7, 11) is 0. The molecule has 0 fully saturated rings. The topological polar surface area (TPSA) is 30.7 Å². The van der Waals surface area contributed by atoms with Crippen LogP contribution in [0, 0.1) is 6.92 Å². The third kappa shape index (κ3) is 2.53. The maximum atomic E-state index is 6.11. The number of aryl methyl sites for hydroxylation is 1. The Kier molecular flexibility index (Phi) is 3.27. The van der Waals surface area contributed by atoms with E-state index in [9.17, 15) is 0 Å². The van der Waals surface area contributed by atoms with Gasteiger partial charge in [-0.3, -0.25) is 4.57 Å². The molecule has 0 amide bonds.